The minimum Gasteiger partial charge on any atom is -0.435 e. The minimum atomic E-state index is -2.82. The standard InChI is InChI=1S/C15H22F2N2O2/c1-10(2)8-13(14(20)18-3)19-9-11-4-6-12(7-5-11)21-15(16)17/h4-7,10,13,15,19H,8-9H2,1-3H3,(H,18,20). The maximum absolute atomic E-state index is 12.0. The molecule has 0 fully saturated rings. The highest BCUT2D eigenvalue weighted by Crippen LogP contribution is 2.15. The van der Waals surface area contributed by atoms with E-state index >= 15 is 0 Å². The summed E-state index contributed by atoms with van der Waals surface area (Å²) in [6.07, 6.45) is 0.728. The molecule has 0 heterocycles. The van der Waals surface area contributed by atoms with E-state index in [0.29, 0.717) is 12.5 Å². The van der Waals surface area contributed by atoms with Crippen LogP contribution in [0.25, 0.3) is 0 Å². The van der Waals surface area contributed by atoms with Crippen molar-refractivity contribution in [3.63, 3.8) is 0 Å². The van der Waals surface area contributed by atoms with E-state index in [4.69, 9.17) is 0 Å². The molecule has 4 nitrogen and oxygen atoms in total. The molecule has 1 aromatic carbocycles. The first-order valence-corrected chi connectivity index (χ1v) is 6.91. The Bertz CT molecular complexity index is 436. The molecule has 0 saturated heterocycles. The lowest BCUT2D eigenvalue weighted by Gasteiger charge is -2.19. The lowest BCUT2D eigenvalue weighted by molar-refractivity contribution is -0.123. The van der Waals surface area contributed by atoms with Crippen LogP contribution >= 0.6 is 0 Å². The van der Waals surface area contributed by atoms with Crippen LogP contribution in [0.15, 0.2) is 24.3 Å². The predicted molar refractivity (Wildman–Crippen MR) is 77.2 cm³/mol. The molecular weight excluding hydrogens is 278 g/mol. The molecule has 1 unspecified atom stereocenters. The SMILES string of the molecule is CNC(=O)C(CC(C)C)NCc1ccc(OC(F)F)cc1. The molecule has 1 rings (SSSR count). The third kappa shape index (κ3) is 6.53. The summed E-state index contributed by atoms with van der Waals surface area (Å²) < 4.78 is 28.4. The molecule has 6 heteroatoms. The topological polar surface area (TPSA) is 50.4 Å². The molecule has 1 atom stereocenters. The maximum Gasteiger partial charge on any atom is 0.387 e. The minimum absolute atomic E-state index is 0.0543. The van der Waals surface area contributed by atoms with Crippen LogP contribution in [-0.2, 0) is 11.3 Å². The fourth-order valence-corrected chi connectivity index (χ4v) is 1.96. The number of carbonyl (C=O) groups is 1. The monoisotopic (exact) mass is 300 g/mol. The summed E-state index contributed by atoms with van der Waals surface area (Å²) in [7, 11) is 1.60. The molecule has 0 bridgehead atoms. The van der Waals surface area contributed by atoms with Crippen molar-refractivity contribution in [2.24, 2.45) is 5.92 Å². The number of nitrogens with one attached hydrogen (secondary N) is 2. The smallest absolute Gasteiger partial charge is 0.387 e. The quantitative estimate of drug-likeness (QED) is 0.775. The lowest BCUT2D eigenvalue weighted by atomic mass is 10.0. The normalized spacial score (nSPS) is 12.5. The Hall–Kier alpha value is -1.69. The zero-order valence-corrected chi connectivity index (χ0v) is 12.5. The number of alkyl halides is 2. The summed E-state index contributed by atoms with van der Waals surface area (Å²) in [5, 5.41) is 5.81. The first-order chi connectivity index (χ1) is 9.92. The first kappa shape index (κ1) is 17.4. The summed E-state index contributed by atoms with van der Waals surface area (Å²) in [4.78, 5) is 11.8. The van der Waals surface area contributed by atoms with E-state index in [-0.39, 0.29) is 17.7 Å². The van der Waals surface area contributed by atoms with Crippen LogP contribution in [0, 0.1) is 5.92 Å². The molecule has 0 saturated carbocycles. The van der Waals surface area contributed by atoms with Gasteiger partial charge in [0.25, 0.3) is 0 Å². The van der Waals surface area contributed by atoms with Gasteiger partial charge in [0.05, 0.1) is 6.04 Å². The summed E-state index contributed by atoms with van der Waals surface area (Å²) >= 11 is 0. The zero-order chi connectivity index (χ0) is 15.8. The van der Waals surface area contributed by atoms with Crippen LogP contribution in [0.4, 0.5) is 8.78 Å². The van der Waals surface area contributed by atoms with Crippen LogP contribution in [0.1, 0.15) is 25.8 Å². The van der Waals surface area contributed by atoms with Gasteiger partial charge in [0.15, 0.2) is 0 Å². The van der Waals surface area contributed by atoms with E-state index in [0.717, 1.165) is 12.0 Å². The number of amides is 1. The van der Waals surface area contributed by atoms with E-state index in [1.54, 1.807) is 19.2 Å². The predicted octanol–water partition coefficient (Wildman–Crippen LogP) is 2.54. The van der Waals surface area contributed by atoms with Gasteiger partial charge < -0.3 is 15.4 Å². The van der Waals surface area contributed by atoms with Crippen LogP contribution in [0.5, 0.6) is 5.75 Å². The molecule has 0 aliphatic heterocycles. The largest absolute Gasteiger partial charge is 0.435 e. The Morgan fingerprint density at radius 1 is 1.24 bits per heavy atom. The molecule has 0 spiro atoms. The van der Waals surface area contributed by atoms with E-state index in [1.165, 1.54) is 12.1 Å². The summed E-state index contributed by atoms with van der Waals surface area (Å²) in [6.45, 7) is 1.76. The summed E-state index contributed by atoms with van der Waals surface area (Å²) in [5.41, 5.74) is 0.897. The number of rotatable bonds is 8. The number of carbonyl (C=O) groups excluding carboxylic acids is 1. The second-order valence-electron chi connectivity index (χ2n) is 5.20. The summed E-state index contributed by atoms with van der Waals surface area (Å²) in [6, 6.07) is 6.09. The number of hydrogen-bond acceptors (Lipinski definition) is 3. The van der Waals surface area contributed by atoms with Gasteiger partial charge in [0, 0.05) is 13.6 Å². The highest BCUT2D eigenvalue weighted by Gasteiger charge is 2.17. The maximum atomic E-state index is 12.0. The third-order valence-electron chi connectivity index (χ3n) is 2.97. The van der Waals surface area contributed by atoms with Crippen molar-refractivity contribution in [2.75, 3.05) is 7.05 Å². The van der Waals surface area contributed by atoms with Gasteiger partial charge in [-0.1, -0.05) is 26.0 Å². The van der Waals surface area contributed by atoms with Gasteiger partial charge in [-0.2, -0.15) is 8.78 Å². The third-order valence-corrected chi connectivity index (χ3v) is 2.97. The van der Waals surface area contributed by atoms with Crippen molar-refractivity contribution in [2.45, 2.75) is 39.5 Å². The second-order valence-corrected chi connectivity index (χ2v) is 5.20. The molecule has 1 aromatic rings. The van der Waals surface area contributed by atoms with E-state index in [2.05, 4.69) is 15.4 Å². The number of ether oxygens (including phenoxy) is 1. The van der Waals surface area contributed by atoms with Crippen molar-refractivity contribution in [1.29, 1.82) is 0 Å². The average Bonchev–Trinajstić information content (AvgIpc) is 2.43. The highest BCUT2D eigenvalue weighted by atomic mass is 19.3. The van der Waals surface area contributed by atoms with Crippen LogP contribution < -0.4 is 15.4 Å². The number of benzene rings is 1. The van der Waals surface area contributed by atoms with Crippen molar-refractivity contribution < 1.29 is 18.3 Å². The van der Waals surface area contributed by atoms with Crippen LogP contribution in [0.3, 0.4) is 0 Å². The molecule has 0 aliphatic carbocycles. The molecule has 21 heavy (non-hydrogen) atoms. The Morgan fingerprint density at radius 3 is 2.33 bits per heavy atom. The van der Waals surface area contributed by atoms with Gasteiger partial charge in [-0.05, 0) is 30.0 Å². The van der Waals surface area contributed by atoms with Gasteiger partial charge in [-0.15, -0.1) is 0 Å². The first-order valence-electron chi connectivity index (χ1n) is 6.91. The molecule has 1 amide bonds. The highest BCUT2D eigenvalue weighted by molar-refractivity contribution is 5.81. The fourth-order valence-electron chi connectivity index (χ4n) is 1.96. The van der Waals surface area contributed by atoms with E-state index in [1.807, 2.05) is 13.8 Å². The Balaban J connectivity index is 2.56. The number of hydrogen-bond donors (Lipinski definition) is 2. The van der Waals surface area contributed by atoms with Gasteiger partial charge in [0.2, 0.25) is 5.91 Å². The zero-order valence-electron chi connectivity index (χ0n) is 12.5. The van der Waals surface area contributed by atoms with Crippen molar-refractivity contribution >= 4 is 5.91 Å². The van der Waals surface area contributed by atoms with Crippen LogP contribution in [-0.4, -0.2) is 25.6 Å². The Kier molecular flexibility index (Phi) is 7.08. The molecule has 118 valence electrons. The van der Waals surface area contributed by atoms with Crippen molar-refractivity contribution in [3.8, 4) is 5.75 Å². The molecule has 0 radical (unpaired) electrons. The van der Waals surface area contributed by atoms with Gasteiger partial charge in [-0.3, -0.25) is 4.79 Å². The number of halogens is 2. The number of likely N-dealkylation sites (N-methyl/N-ethyl adjacent to an activating group) is 1. The van der Waals surface area contributed by atoms with Gasteiger partial charge in [0.1, 0.15) is 5.75 Å². The molecule has 2 N–H and O–H groups in total. The van der Waals surface area contributed by atoms with Gasteiger partial charge >= 0.3 is 6.61 Å². The van der Waals surface area contributed by atoms with Crippen molar-refractivity contribution in [1.82, 2.24) is 10.6 Å². The second kappa shape index (κ2) is 8.56. The fraction of sp³-hybridized carbons (Fsp3) is 0.533. The Labute approximate surface area is 123 Å². The molecular formula is C15H22F2N2O2. The van der Waals surface area contributed by atoms with Gasteiger partial charge in [-0.25, -0.2) is 0 Å². The summed E-state index contributed by atoms with van der Waals surface area (Å²) in [5.74, 6) is 0.460. The Morgan fingerprint density at radius 2 is 1.86 bits per heavy atom. The lowest BCUT2D eigenvalue weighted by Crippen LogP contribution is -2.43. The van der Waals surface area contributed by atoms with Crippen molar-refractivity contribution in [3.05, 3.63) is 29.8 Å². The van der Waals surface area contributed by atoms with Crippen LogP contribution in [0.2, 0.25) is 0 Å². The molecule has 0 aliphatic rings. The molecule has 0 aromatic heterocycles. The van der Waals surface area contributed by atoms with E-state index < -0.39 is 6.61 Å². The van der Waals surface area contributed by atoms with E-state index in [9.17, 15) is 13.6 Å². The average molecular weight is 300 g/mol.